The SMILES string of the molecule is COC(=O)NC1CCN(c2ncnc(NN)c2C(C)C)C1. The zero-order valence-corrected chi connectivity index (χ0v) is 12.6. The van der Waals surface area contributed by atoms with Crippen LogP contribution in [0.25, 0.3) is 0 Å². The molecule has 1 aromatic heterocycles. The lowest BCUT2D eigenvalue weighted by molar-refractivity contribution is 0.167. The van der Waals surface area contributed by atoms with Gasteiger partial charge >= 0.3 is 6.09 Å². The Morgan fingerprint density at radius 3 is 2.90 bits per heavy atom. The number of rotatable bonds is 4. The Labute approximate surface area is 124 Å². The molecule has 1 aliphatic rings. The van der Waals surface area contributed by atoms with E-state index in [-0.39, 0.29) is 12.0 Å². The summed E-state index contributed by atoms with van der Waals surface area (Å²) in [6, 6.07) is 0.0571. The van der Waals surface area contributed by atoms with Gasteiger partial charge in [0, 0.05) is 18.7 Å². The van der Waals surface area contributed by atoms with Crippen LogP contribution in [0.5, 0.6) is 0 Å². The van der Waals surface area contributed by atoms with Gasteiger partial charge in [-0.2, -0.15) is 0 Å². The van der Waals surface area contributed by atoms with E-state index in [4.69, 9.17) is 5.84 Å². The van der Waals surface area contributed by atoms with Gasteiger partial charge in [-0.05, 0) is 12.3 Å². The Kier molecular flexibility index (Phi) is 4.79. The summed E-state index contributed by atoms with van der Waals surface area (Å²) in [6.07, 6.45) is 1.94. The molecular weight excluding hydrogens is 272 g/mol. The summed E-state index contributed by atoms with van der Waals surface area (Å²) in [6.45, 7) is 5.65. The highest BCUT2D eigenvalue weighted by Crippen LogP contribution is 2.32. The fourth-order valence-corrected chi connectivity index (χ4v) is 2.58. The van der Waals surface area contributed by atoms with Crippen LogP contribution in [0.2, 0.25) is 0 Å². The van der Waals surface area contributed by atoms with E-state index in [0.717, 1.165) is 24.3 Å². The third-order valence-electron chi connectivity index (χ3n) is 3.57. The molecule has 1 unspecified atom stereocenters. The van der Waals surface area contributed by atoms with Crippen LogP contribution in [0.1, 0.15) is 31.7 Å². The number of ether oxygens (including phenoxy) is 1. The molecule has 1 aliphatic heterocycles. The van der Waals surface area contributed by atoms with Gasteiger partial charge in [-0.25, -0.2) is 20.6 Å². The molecule has 21 heavy (non-hydrogen) atoms. The fraction of sp³-hybridized carbons (Fsp3) is 0.615. The Bertz CT molecular complexity index is 507. The summed E-state index contributed by atoms with van der Waals surface area (Å²) < 4.78 is 4.63. The fourth-order valence-electron chi connectivity index (χ4n) is 2.58. The van der Waals surface area contributed by atoms with Crippen LogP contribution in [0.3, 0.4) is 0 Å². The number of nitrogen functional groups attached to an aromatic ring is 1. The molecule has 0 aromatic carbocycles. The molecule has 1 amide bonds. The summed E-state index contributed by atoms with van der Waals surface area (Å²) in [7, 11) is 1.36. The standard InChI is InChI=1S/C13H22N6O2/c1-8(2)10-11(18-14)15-7-16-12(10)19-5-4-9(6-19)17-13(20)21-3/h7-9H,4-6,14H2,1-3H3,(H,17,20)(H,15,16,18). The number of aromatic nitrogens is 2. The van der Waals surface area contributed by atoms with E-state index in [0.29, 0.717) is 12.4 Å². The molecule has 0 radical (unpaired) electrons. The normalized spacial score (nSPS) is 18.0. The van der Waals surface area contributed by atoms with Gasteiger partial charge in [0.05, 0.1) is 13.2 Å². The number of anilines is 2. The van der Waals surface area contributed by atoms with Gasteiger partial charge < -0.3 is 20.4 Å². The number of nitrogens with one attached hydrogen (secondary N) is 2. The average molecular weight is 294 g/mol. The number of carbonyl (C=O) groups is 1. The number of hydrogen-bond acceptors (Lipinski definition) is 7. The van der Waals surface area contributed by atoms with E-state index in [1.807, 2.05) is 0 Å². The summed E-state index contributed by atoms with van der Waals surface area (Å²) in [5.41, 5.74) is 3.61. The highest BCUT2D eigenvalue weighted by atomic mass is 16.5. The van der Waals surface area contributed by atoms with Crippen LogP contribution in [0.4, 0.5) is 16.4 Å². The highest BCUT2D eigenvalue weighted by molar-refractivity contribution is 5.68. The first kappa shape index (κ1) is 15.3. The van der Waals surface area contributed by atoms with Crippen molar-refractivity contribution in [1.82, 2.24) is 15.3 Å². The second-order valence-electron chi connectivity index (χ2n) is 5.33. The Morgan fingerprint density at radius 2 is 2.29 bits per heavy atom. The summed E-state index contributed by atoms with van der Waals surface area (Å²) >= 11 is 0. The molecule has 0 bridgehead atoms. The Balaban J connectivity index is 2.18. The third kappa shape index (κ3) is 3.33. The molecular formula is C13H22N6O2. The van der Waals surface area contributed by atoms with Crippen molar-refractivity contribution in [2.75, 3.05) is 30.5 Å². The van der Waals surface area contributed by atoms with Crippen LogP contribution >= 0.6 is 0 Å². The molecule has 0 aliphatic carbocycles. The first-order valence-electron chi connectivity index (χ1n) is 6.97. The van der Waals surface area contributed by atoms with E-state index in [9.17, 15) is 4.79 Å². The van der Waals surface area contributed by atoms with Crippen molar-refractivity contribution < 1.29 is 9.53 Å². The Hall–Kier alpha value is -2.09. The summed E-state index contributed by atoms with van der Waals surface area (Å²) in [5.74, 6) is 7.27. The lowest BCUT2D eigenvalue weighted by Crippen LogP contribution is -2.37. The zero-order chi connectivity index (χ0) is 15.4. The minimum Gasteiger partial charge on any atom is -0.453 e. The van der Waals surface area contributed by atoms with Gasteiger partial charge in [0.2, 0.25) is 0 Å². The molecule has 116 valence electrons. The first-order valence-corrected chi connectivity index (χ1v) is 6.97. The van der Waals surface area contributed by atoms with Crippen LogP contribution in [-0.2, 0) is 4.74 Å². The predicted molar refractivity (Wildman–Crippen MR) is 80.1 cm³/mol. The minimum atomic E-state index is -0.405. The number of amides is 1. The van der Waals surface area contributed by atoms with Crippen molar-refractivity contribution in [1.29, 1.82) is 0 Å². The van der Waals surface area contributed by atoms with Gasteiger partial charge in [-0.15, -0.1) is 0 Å². The number of alkyl carbamates (subject to hydrolysis) is 1. The number of methoxy groups -OCH3 is 1. The maximum atomic E-state index is 11.3. The second kappa shape index (κ2) is 6.57. The number of hydrogen-bond donors (Lipinski definition) is 3. The molecule has 1 fully saturated rings. The zero-order valence-electron chi connectivity index (χ0n) is 12.6. The van der Waals surface area contributed by atoms with Crippen LogP contribution < -0.4 is 21.5 Å². The molecule has 4 N–H and O–H groups in total. The number of nitrogens with two attached hydrogens (primary N) is 1. The van der Waals surface area contributed by atoms with Crippen molar-refractivity contribution >= 4 is 17.7 Å². The van der Waals surface area contributed by atoms with Gasteiger partial charge in [0.25, 0.3) is 0 Å². The predicted octanol–water partition coefficient (Wildman–Crippen LogP) is 0.820. The van der Waals surface area contributed by atoms with E-state index in [1.165, 1.54) is 13.4 Å². The number of carbonyl (C=O) groups excluding carboxylic acids is 1. The molecule has 0 saturated carbocycles. The van der Waals surface area contributed by atoms with Crippen LogP contribution in [-0.4, -0.2) is 42.3 Å². The molecule has 2 heterocycles. The van der Waals surface area contributed by atoms with Crippen molar-refractivity contribution in [2.45, 2.75) is 32.2 Å². The third-order valence-corrected chi connectivity index (χ3v) is 3.57. The van der Waals surface area contributed by atoms with Crippen LogP contribution in [0.15, 0.2) is 6.33 Å². The molecule has 2 rings (SSSR count). The quantitative estimate of drug-likeness (QED) is 0.557. The molecule has 8 heteroatoms. The largest absolute Gasteiger partial charge is 0.453 e. The van der Waals surface area contributed by atoms with E-state index in [2.05, 4.69) is 44.2 Å². The topological polar surface area (TPSA) is 105 Å². The van der Waals surface area contributed by atoms with Gasteiger partial charge in [0.1, 0.15) is 18.0 Å². The number of hydrazine groups is 1. The molecule has 8 nitrogen and oxygen atoms in total. The molecule has 1 atom stereocenters. The maximum absolute atomic E-state index is 11.3. The molecule has 1 aromatic rings. The Morgan fingerprint density at radius 1 is 1.52 bits per heavy atom. The average Bonchev–Trinajstić information content (AvgIpc) is 2.94. The summed E-state index contributed by atoms with van der Waals surface area (Å²) in [4.78, 5) is 22.0. The minimum absolute atomic E-state index is 0.0571. The molecule has 1 saturated heterocycles. The highest BCUT2D eigenvalue weighted by Gasteiger charge is 2.28. The second-order valence-corrected chi connectivity index (χ2v) is 5.33. The van der Waals surface area contributed by atoms with Gasteiger partial charge in [0.15, 0.2) is 0 Å². The van der Waals surface area contributed by atoms with Crippen LogP contribution in [0, 0.1) is 0 Å². The lowest BCUT2D eigenvalue weighted by atomic mass is 10.0. The lowest BCUT2D eigenvalue weighted by Gasteiger charge is -2.23. The van der Waals surface area contributed by atoms with E-state index < -0.39 is 6.09 Å². The van der Waals surface area contributed by atoms with E-state index in [1.54, 1.807) is 0 Å². The molecule has 0 spiro atoms. The smallest absolute Gasteiger partial charge is 0.407 e. The van der Waals surface area contributed by atoms with Crippen molar-refractivity contribution in [2.24, 2.45) is 5.84 Å². The van der Waals surface area contributed by atoms with Crippen molar-refractivity contribution in [3.63, 3.8) is 0 Å². The van der Waals surface area contributed by atoms with E-state index >= 15 is 0 Å². The van der Waals surface area contributed by atoms with Gasteiger partial charge in [-0.3, -0.25) is 0 Å². The van der Waals surface area contributed by atoms with Gasteiger partial charge in [-0.1, -0.05) is 13.8 Å². The summed E-state index contributed by atoms with van der Waals surface area (Å²) in [5, 5.41) is 2.82. The number of nitrogens with zero attached hydrogens (tertiary/aromatic N) is 3. The van der Waals surface area contributed by atoms with Crippen molar-refractivity contribution in [3.05, 3.63) is 11.9 Å². The first-order chi connectivity index (χ1) is 10.1. The van der Waals surface area contributed by atoms with Crippen molar-refractivity contribution in [3.8, 4) is 0 Å². The monoisotopic (exact) mass is 294 g/mol. The maximum Gasteiger partial charge on any atom is 0.407 e.